The number of pyridine rings is 1. The van der Waals surface area contributed by atoms with Crippen LogP contribution in [0.1, 0.15) is 11.4 Å². The van der Waals surface area contributed by atoms with E-state index in [1.807, 2.05) is 12.1 Å². The standard InChI is InChI=1S/C21H23N3/c1-23(20-12-5-3-6-13-20)16-18-10-9-11-19(22-18)17-24(2)21-14-7-4-8-15-21/h3-15H,16-17H2,1-2H3. The summed E-state index contributed by atoms with van der Waals surface area (Å²) in [7, 11) is 4.19. The molecule has 0 fully saturated rings. The van der Waals surface area contributed by atoms with Crippen molar-refractivity contribution >= 4 is 11.4 Å². The van der Waals surface area contributed by atoms with Crippen molar-refractivity contribution in [3.05, 3.63) is 90.3 Å². The second-order valence-corrected chi connectivity index (χ2v) is 6.00. The second-order valence-electron chi connectivity index (χ2n) is 6.00. The van der Waals surface area contributed by atoms with Crippen LogP contribution in [0.5, 0.6) is 0 Å². The van der Waals surface area contributed by atoms with E-state index in [0.29, 0.717) is 0 Å². The molecule has 1 heterocycles. The largest absolute Gasteiger partial charge is 0.369 e. The third-order valence-corrected chi connectivity index (χ3v) is 4.06. The molecule has 1 aromatic heterocycles. The van der Waals surface area contributed by atoms with E-state index in [-0.39, 0.29) is 0 Å². The number of hydrogen-bond acceptors (Lipinski definition) is 3. The molecule has 0 saturated carbocycles. The fourth-order valence-corrected chi connectivity index (χ4v) is 2.74. The molecule has 0 unspecified atom stereocenters. The van der Waals surface area contributed by atoms with Crippen LogP contribution in [0.3, 0.4) is 0 Å². The minimum Gasteiger partial charge on any atom is -0.369 e. The topological polar surface area (TPSA) is 19.4 Å². The van der Waals surface area contributed by atoms with Gasteiger partial charge >= 0.3 is 0 Å². The summed E-state index contributed by atoms with van der Waals surface area (Å²) in [4.78, 5) is 9.25. The maximum absolute atomic E-state index is 4.82. The zero-order valence-corrected chi connectivity index (χ0v) is 14.3. The molecule has 0 N–H and O–H groups in total. The Kier molecular flexibility index (Phi) is 5.12. The van der Waals surface area contributed by atoms with Crippen molar-refractivity contribution in [2.75, 3.05) is 23.9 Å². The number of aromatic nitrogens is 1. The quantitative estimate of drug-likeness (QED) is 0.673. The van der Waals surface area contributed by atoms with Gasteiger partial charge in [0.1, 0.15) is 0 Å². The number of hydrogen-bond donors (Lipinski definition) is 0. The summed E-state index contributed by atoms with van der Waals surface area (Å²) in [5, 5.41) is 0. The summed E-state index contributed by atoms with van der Waals surface area (Å²) in [6, 6.07) is 27.1. The summed E-state index contributed by atoms with van der Waals surface area (Å²) in [6.07, 6.45) is 0. The summed E-state index contributed by atoms with van der Waals surface area (Å²) in [5.41, 5.74) is 4.57. The normalized spacial score (nSPS) is 10.4. The predicted molar refractivity (Wildman–Crippen MR) is 101 cm³/mol. The molecule has 0 radical (unpaired) electrons. The van der Waals surface area contributed by atoms with Crippen molar-refractivity contribution in [1.29, 1.82) is 0 Å². The van der Waals surface area contributed by atoms with Gasteiger partial charge in [0.2, 0.25) is 0 Å². The smallest absolute Gasteiger partial charge is 0.0600 e. The van der Waals surface area contributed by atoms with Crippen molar-refractivity contribution in [3.63, 3.8) is 0 Å². The van der Waals surface area contributed by atoms with Gasteiger partial charge in [0.25, 0.3) is 0 Å². The van der Waals surface area contributed by atoms with E-state index in [9.17, 15) is 0 Å². The lowest BCUT2D eigenvalue weighted by atomic mass is 10.2. The van der Waals surface area contributed by atoms with Crippen molar-refractivity contribution in [2.24, 2.45) is 0 Å². The van der Waals surface area contributed by atoms with Crippen LogP contribution in [0.15, 0.2) is 78.9 Å². The molecule has 0 aliphatic rings. The van der Waals surface area contributed by atoms with Crippen LogP contribution in [0, 0.1) is 0 Å². The lowest BCUT2D eigenvalue weighted by Crippen LogP contribution is -2.19. The zero-order valence-electron chi connectivity index (χ0n) is 14.3. The second kappa shape index (κ2) is 7.64. The SMILES string of the molecule is CN(Cc1cccc(CN(C)c2ccccc2)n1)c1ccccc1. The van der Waals surface area contributed by atoms with Crippen molar-refractivity contribution in [3.8, 4) is 0 Å². The van der Waals surface area contributed by atoms with Gasteiger partial charge in [-0.25, -0.2) is 0 Å². The molecule has 3 aromatic rings. The first-order chi connectivity index (χ1) is 11.7. The Labute approximate surface area is 144 Å². The Bertz CT molecular complexity index is 694. The Balaban J connectivity index is 1.68. The van der Waals surface area contributed by atoms with E-state index in [4.69, 9.17) is 4.98 Å². The molecule has 2 aromatic carbocycles. The van der Waals surface area contributed by atoms with E-state index in [2.05, 4.69) is 90.6 Å². The Morgan fingerprint density at radius 1 is 0.583 bits per heavy atom. The fourth-order valence-electron chi connectivity index (χ4n) is 2.74. The highest BCUT2D eigenvalue weighted by atomic mass is 15.1. The maximum Gasteiger partial charge on any atom is 0.0600 e. The first-order valence-electron chi connectivity index (χ1n) is 8.19. The molecule has 0 bridgehead atoms. The predicted octanol–water partition coefficient (Wildman–Crippen LogP) is 4.35. The van der Waals surface area contributed by atoms with E-state index in [0.717, 1.165) is 24.5 Å². The third-order valence-electron chi connectivity index (χ3n) is 4.06. The minimum atomic E-state index is 0.799. The van der Waals surface area contributed by atoms with Crippen molar-refractivity contribution in [1.82, 2.24) is 4.98 Å². The highest BCUT2D eigenvalue weighted by Gasteiger charge is 2.06. The average Bonchev–Trinajstić information content (AvgIpc) is 2.63. The first-order valence-corrected chi connectivity index (χ1v) is 8.19. The van der Waals surface area contributed by atoms with Gasteiger partial charge in [-0.15, -0.1) is 0 Å². The number of nitrogens with zero attached hydrogens (tertiary/aromatic N) is 3. The third kappa shape index (κ3) is 4.13. The number of benzene rings is 2. The highest BCUT2D eigenvalue weighted by Crippen LogP contribution is 2.16. The van der Waals surface area contributed by atoms with Gasteiger partial charge in [-0.1, -0.05) is 42.5 Å². The van der Waals surface area contributed by atoms with Crippen LogP contribution < -0.4 is 9.80 Å². The monoisotopic (exact) mass is 317 g/mol. The van der Waals surface area contributed by atoms with Crippen LogP contribution in [0.4, 0.5) is 11.4 Å². The van der Waals surface area contributed by atoms with Gasteiger partial charge in [-0.2, -0.15) is 0 Å². The van der Waals surface area contributed by atoms with Gasteiger partial charge in [-0.05, 0) is 36.4 Å². The molecule has 3 heteroatoms. The Hall–Kier alpha value is -2.81. The van der Waals surface area contributed by atoms with Crippen LogP contribution in [-0.4, -0.2) is 19.1 Å². The molecule has 0 spiro atoms. The molecule has 0 aliphatic heterocycles. The van der Waals surface area contributed by atoms with Gasteiger partial charge < -0.3 is 9.80 Å². The van der Waals surface area contributed by atoms with E-state index in [1.54, 1.807) is 0 Å². The zero-order chi connectivity index (χ0) is 16.8. The van der Waals surface area contributed by atoms with Gasteiger partial charge in [-0.3, -0.25) is 4.98 Å². The molecule has 3 nitrogen and oxygen atoms in total. The minimum absolute atomic E-state index is 0.799. The molecule has 0 aliphatic carbocycles. The molecule has 0 atom stereocenters. The molecular formula is C21H23N3. The number of para-hydroxylation sites is 2. The molecule has 3 rings (SSSR count). The first kappa shape index (κ1) is 16.1. The van der Waals surface area contributed by atoms with Crippen LogP contribution in [-0.2, 0) is 13.1 Å². The Morgan fingerprint density at radius 2 is 1.00 bits per heavy atom. The van der Waals surface area contributed by atoms with E-state index >= 15 is 0 Å². The number of rotatable bonds is 6. The summed E-state index contributed by atoms with van der Waals surface area (Å²) in [5.74, 6) is 0. The number of anilines is 2. The summed E-state index contributed by atoms with van der Waals surface area (Å²) in [6.45, 7) is 1.60. The lowest BCUT2D eigenvalue weighted by Gasteiger charge is -2.21. The molecule has 0 amide bonds. The fraction of sp³-hybridized carbons (Fsp3) is 0.190. The highest BCUT2D eigenvalue weighted by molar-refractivity contribution is 5.46. The Morgan fingerprint density at radius 3 is 1.42 bits per heavy atom. The average molecular weight is 317 g/mol. The van der Waals surface area contributed by atoms with Gasteiger partial charge in [0, 0.05) is 25.5 Å². The molecule has 24 heavy (non-hydrogen) atoms. The van der Waals surface area contributed by atoms with E-state index in [1.165, 1.54) is 11.4 Å². The van der Waals surface area contributed by atoms with Crippen molar-refractivity contribution < 1.29 is 0 Å². The van der Waals surface area contributed by atoms with E-state index < -0.39 is 0 Å². The van der Waals surface area contributed by atoms with Gasteiger partial charge in [0.05, 0.1) is 24.5 Å². The van der Waals surface area contributed by atoms with Crippen LogP contribution >= 0.6 is 0 Å². The summed E-state index contributed by atoms with van der Waals surface area (Å²) < 4.78 is 0. The molecular weight excluding hydrogens is 294 g/mol. The molecule has 0 saturated heterocycles. The van der Waals surface area contributed by atoms with Crippen LogP contribution in [0.25, 0.3) is 0 Å². The molecule has 122 valence electrons. The van der Waals surface area contributed by atoms with Crippen molar-refractivity contribution in [2.45, 2.75) is 13.1 Å². The van der Waals surface area contributed by atoms with Crippen LogP contribution in [0.2, 0.25) is 0 Å². The maximum atomic E-state index is 4.82. The lowest BCUT2D eigenvalue weighted by molar-refractivity contribution is 0.835. The summed E-state index contributed by atoms with van der Waals surface area (Å²) >= 11 is 0. The van der Waals surface area contributed by atoms with Gasteiger partial charge in [0.15, 0.2) is 0 Å².